The van der Waals surface area contributed by atoms with Crippen molar-refractivity contribution in [2.45, 2.75) is 62.8 Å². The zero-order valence-electron chi connectivity index (χ0n) is 16.4. The highest BCUT2D eigenvalue weighted by molar-refractivity contribution is 7.83. The number of hydrogen-bond acceptors (Lipinski definition) is 4. The molecular weight excluding hydrogens is 395 g/mol. The summed E-state index contributed by atoms with van der Waals surface area (Å²) in [4.78, 5) is 13.0. The highest BCUT2D eigenvalue weighted by atomic mass is 32.2. The van der Waals surface area contributed by atoms with E-state index >= 15 is 0 Å². The molecule has 2 heterocycles. The summed E-state index contributed by atoms with van der Waals surface area (Å²) in [5.74, 6) is 0.326. The normalized spacial score (nSPS) is 19.3. The maximum atomic E-state index is 14.8. The van der Waals surface area contributed by atoms with Gasteiger partial charge in [0.25, 0.3) is 0 Å². The van der Waals surface area contributed by atoms with Crippen molar-refractivity contribution >= 4 is 22.7 Å². The van der Waals surface area contributed by atoms with Crippen LogP contribution in [0.15, 0.2) is 11.1 Å². The van der Waals surface area contributed by atoms with E-state index < -0.39 is 17.0 Å². The second kappa shape index (κ2) is 6.55. The topological polar surface area (TPSA) is 85.2 Å². The fraction of sp³-hybridized carbons (Fsp3) is 0.500. The molecule has 154 valence electrons. The first-order chi connectivity index (χ1) is 13.9. The maximum Gasteiger partial charge on any atom is 0.331 e. The van der Waals surface area contributed by atoms with E-state index in [-0.39, 0.29) is 11.4 Å². The van der Waals surface area contributed by atoms with Crippen molar-refractivity contribution < 1.29 is 18.1 Å². The van der Waals surface area contributed by atoms with E-state index in [2.05, 4.69) is 15.1 Å². The molecule has 0 fully saturated rings. The van der Waals surface area contributed by atoms with E-state index in [0.29, 0.717) is 35.9 Å². The van der Waals surface area contributed by atoms with Crippen molar-refractivity contribution in [2.75, 3.05) is 11.9 Å². The zero-order valence-corrected chi connectivity index (χ0v) is 17.2. The molecule has 2 aromatic rings. The minimum atomic E-state index is -1.82. The Kier molecular flexibility index (Phi) is 4.20. The van der Waals surface area contributed by atoms with Gasteiger partial charge in [-0.3, -0.25) is 4.72 Å². The van der Waals surface area contributed by atoms with Crippen LogP contribution in [0.25, 0.3) is 0 Å². The summed E-state index contributed by atoms with van der Waals surface area (Å²) < 4.78 is 37.3. The smallest absolute Gasteiger partial charge is 0.331 e. The number of carbonyl (C=O) groups is 1. The van der Waals surface area contributed by atoms with Gasteiger partial charge in [0.15, 0.2) is 11.0 Å². The molecular formula is C20H23FN4O3S. The fourth-order valence-corrected chi connectivity index (χ4v) is 5.41. The predicted molar refractivity (Wildman–Crippen MR) is 106 cm³/mol. The highest BCUT2D eigenvalue weighted by Gasteiger charge is 2.36. The molecule has 2 amide bonds. The first-order valence-electron chi connectivity index (χ1n) is 9.92. The Labute approximate surface area is 170 Å². The van der Waals surface area contributed by atoms with E-state index in [4.69, 9.17) is 4.74 Å². The van der Waals surface area contributed by atoms with E-state index in [1.165, 1.54) is 6.20 Å². The monoisotopic (exact) mass is 418 g/mol. The molecule has 1 aromatic heterocycles. The number of rotatable bonds is 3. The lowest BCUT2D eigenvalue weighted by Crippen LogP contribution is -2.31. The van der Waals surface area contributed by atoms with Gasteiger partial charge in [-0.2, -0.15) is 5.10 Å². The van der Waals surface area contributed by atoms with Crippen LogP contribution in [0.5, 0.6) is 5.88 Å². The third-order valence-electron chi connectivity index (χ3n) is 6.02. The number of amides is 2. The Morgan fingerprint density at radius 2 is 1.79 bits per heavy atom. The van der Waals surface area contributed by atoms with E-state index in [9.17, 15) is 13.4 Å². The average Bonchev–Trinajstić information content (AvgIpc) is 3.44. The summed E-state index contributed by atoms with van der Waals surface area (Å²) in [5.41, 5.74) is 3.62. The number of aromatic nitrogens is 2. The molecule has 7 nitrogen and oxygen atoms in total. The SMILES string of the molecule is CC1(C)COc2c(S(=O)NC(=O)Nc3c4c(c(F)c5c3CCC5)CCC4)cnn21. The molecule has 5 rings (SSSR count). The molecule has 1 unspecified atom stereocenters. The Balaban J connectivity index is 1.39. The summed E-state index contributed by atoms with van der Waals surface area (Å²) in [5, 5.41) is 7.12. The van der Waals surface area contributed by atoms with Crippen LogP contribution in [0.4, 0.5) is 14.9 Å². The molecule has 2 aliphatic carbocycles. The van der Waals surface area contributed by atoms with Gasteiger partial charge in [-0.25, -0.2) is 18.1 Å². The number of nitrogens with zero attached hydrogens (tertiary/aromatic N) is 2. The van der Waals surface area contributed by atoms with Gasteiger partial charge in [0.1, 0.15) is 17.3 Å². The molecule has 1 aliphatic heterocycles. The molecule has 1 atom stereocenters. The lowest BCUT2D eigenvalue weighted by molar-refractivity contribution is 0.256. The first-order valence-corrected chi connectivity index (χ1v) is 11.1. The van der Waals surface area contributed by atoms with Crippen LogP contribution in [0.1, 0.15) is 48.9 Å². The van der Waals surface area contributed by atoms with Gasteiger partial charge in [0.05, 0.1) is 11.7 Å². The third kappa shape index (κ3) is 2.86. The van der Waals surface area contributed by atoms with E-state index in [0.717, 1.165) is 47.9 Å². The minimum absolute atomic E-state index is 0.0882. The molecule has 9 heteroatoms. The predicted octanol–water partition coefficient (Wildman–Crippen LogP) is 2.97. The molecule has 0 saturated carbocycles. The van der Waals surface area contributed by atoms with E-state index in [1.807, 2.05) is 13.8 Å². The third-order valence-corrected chi connectivity index (χ3v) is 7.07. The first kappa shape index (κ1) is 18.6. The number of ether oxygens (including phenoxy) is 1. The number of halogens is 1. The lowest BCUT2D eigenvalue weighted by atomic mass is 9.98. The molecule has 3 aliphatic rings. The van der Waals surface area contributed by atoms with Crippen LogP contribution in [-0.4, -0.2) is 26.6 Å². The van der Waals surface area contributed by atoms with Gasteiger partial charge >= 0.3 is 6.03 Å². The van der Waals surface area contributed by atoms with Crippen LogP contribution < -0.4 is 14.8 Å². The summed E-state index contributed by atoms with van der Waals surface area (Å²) in [6, 6.07) is -0.574. The summed E-state index contributed by atoms with van der Waals surface area (Å²) in [6.07, 6.45) is 6.12. The van der Waals surface area contributed by atoms with Crippen molar-refractivity contribution in [3.63, 3.8) is 0 Å². The Morgan fingerprint density at radius 1 is 1.17 bits per heavy atom. The van der Waals surface area contributed by atoms with Crippen LogP contribution in [0.2, 0.25) is 0 Å². The Morgan fingerprint density at radius 3 is 2.45 bits per heavy atom. The minimum Gasteiger partial charge on any atom is -0.474 e. The maximum absolute atomic E-state index is 14.8. The number of fused-ring (bicyclic) bond motifs is 3. The van der Waals surface area contributed by atoms with Gasteiger partial charge in [0.2, 0.25) is 5.88 Å². The van der Waals surface area contributed by atoms with Crippen molar-refractivity contribution in [3.8, 4) is 5.88 Å². The summed E-state index contributed by atoms with van der Waals surface area (Å²) in [6.45, 7) is 4.37. The van der Waals surface area contributed by atoms with Gasteiger partial charge < -0.3 is 10.1 Å². The number of nitrogens with one attached hydrogen (secondary N) is 2. The highest BCUT2D eigenvalue weighted by Crippen LogP contribution is 2.41. The van der Waals surface area contributed by atoms with Crippen molar-refractivity contribution in [2.24, 2.45) is 0 Å². The number of anilines is 1. The molecule has 0 saturated heterocycles. The molecule has 0 bridgehead atoms. The summed E-state index contributed by atoms with van der Waals surface area (Å²) >= 11 is 0. The van der Waals surface area contributed by atoms with Gasteiger partial charge in [0, 0.05) is 5.69 Å². The molecule has 0 radical (unpaired) electrons. The zero-order chi connectivity index (χ0) is 20.3. The Bertz CT molecular complexity index is 1030. The largest absolute Gasteiger partial charge is 0.474 e. The standard InChI is InChI=1S/C20H23FN4O3S/c1-20(2)10-28-18-15(9-22-25(18)20)29(27)24-19(26)23-17-13-7-3-5-11(13)16(21)12-6-4-8-14(12)17/h9H,3-8,10H2,1-2H3,(H2,23,24,26). The molecule has 0 spiro atoms. The van der Waals surface area contributed by atoms with Crippen LogP contribution in [0, 0.1) is 5.82 Å². The quantitative estimate of drug-likeness (QED) is 0.803. The lowest BCUT2D eigenvalue weighted by Gasteiger charge is -2.17. The van der Waals surface area contributed by atoms with E-state index in [1.54, 1.807) is 4.68 Å². The number of benzene rings is 1. The molecule has 29 heavy (non-hydrogen) atoms. The average molecular weight is 418 g/mol. The number of hydrogen-bond donors (Lipinski definition) is 2. The van der Waals surface area contributed by atoms with Gasteiger partial charge in [-0.1, -0.05) is 0 Å². The molecule has 2 N–H and O–H groups in total. The van der Waals surface area contributed by atoms with Crippen LogP contribution >= 0.6 is 0 Å². The summed E-state index contributed by atoms with van der Waals surface area (Å²) in [7, 11) is -1.82. The second-order valence-corrected chi connectivity index (χ2v) is 9.64. The van der Waals surface area contributed by atoms with Crippen LogP contribution in [0.3, 0.4) is 0 Å². The molecule has 1 aromatic carbocycles. The van der Waals surface area contributed by atoms with Gasteiger partial charge in [-0.15, -0.1) is 0 Å². The van der Waals surface area contributed by atoms with Gasteiger partial charge in [-0.05, 0) is 74.6 Å². The fourth-order valence-electron chi connectivity index (χ4n) is 4.64. The Hall–Kier alpha value is -2.42. The van der Waals surface area contributed by atoms with Crippen molar-refractivity contribution in [1.29, 1.82) is 0 Å². The van der Waals surface area contributed by atoms with Crippen molar-refractivity contribution in [3.05, 3.63) is 34.3 Å². The van der Waals surface area contributed by atoms with Crippen molar-refractivity contribution in [1.82, 2.24) is 14.5 Å². The second-order valence-electron chi connectivity index (χ2n) is 8.46. The van der Waals surface area contributed by atoms with Crippen LogP contribution in [-0.2, 0) is 42.2 Å². The number of carbonyl (C=O) groups excluding carboxylic acids is 1. The number of urea groups is 1.